The smallest absolute Gasteiger partial charge is 0.251 e. The van der Waals surface area contributed by atoms with Crippen molar-refractivity contribution in [3.8, 4) is 0 Å². The van der Waals surface area contributed by atoms with Gasteiger partial charge in [-0.1, -0.05) is 30.3 Å². The number of hydrazine groups is 1. The monoisotopic (exact) mass is 388 g/mol. The van der Waals surface area contributed by atoms with Crippen LogP contribution >= 0.6 is 12.2 Å². The molecule has 1 aromatic rings. The summed E-state index contributed by atoms with van der Waals surface area (Å²) < 4.78 is 5.38. The molecule has 1 saturated carbocycles. The zero-order valence-corrected chi connectivity index (χ0v) is 16.5. The van der Waals surface area contributed by atoms with Crippen LogP contribution in [0, 0.1) is 0 Å². The first-order chi connectivity index (χ1) is 13.2. The molecule has 1 aromatic carbocycles. The van der Waals surface area contributed by atoms with Gasteiger partial charge in [-0.05, 0) is 37.0 Å². The molecular formula is C20H28N4O2S. The van der Waals surface area contributed by atoms with Crippen molar-refractivity contribution in [3.05, 3.63) is 35.9 Å². The van der Waals surface area contributed by atoms with Crippen LogP contribution in [0.2, 0.25) is 0 Å². The van der Waals surface area contributed by atoms with Gasteiger partial charge in [-0.3, -0.25) is 19.7 Å². The van der Waals surface area contributed by atoms with Crippen molar-refractivity contribution in [2.45, 2.75) is 24.7 Å². The highest BCUT2D eigenvalue weighted by atomic mass is 32.1. The maximum Gasteiger partial charge on any atom is 0.251 e. The second-order valence-electron chi connectivity index (χ2n) is 7.54. The van der Waals surface area contributed by atoms with Crippen molar-refractivity contribution in [2.24, 2.45) is 0 Å². The Hall–Kier alpha value is -1.70. The molecule has 146 valence electrons. The predicted molar refractivity (Wildman–Crippen MR) is 108 cm³/mol. The Bertz CT molecular complexity index is 674. The molecule has 4 rings (SSSR count). The van der Waals surface area contributed by atoms with Gasteiger partial charge >= 0.3 is 0 Å². The number of ether oxygens (including phenoxy) is 1. The lowest BCUT2D eigenvalue weighted by Crippen LogP contribution is -2.53. The molecule has 3 fully saturated rings. The van der Waals surface area contributed by atoms with E-state index in [9.17, 15) is 4.79 Å². The number of benzene rings is 1. The zero-order valence-electron chi connectivity index (χ0n) is 15.7. The van der Waals surface area contributed by atoms with Gasteiger partial charge in [-0.15, -0.1) is 0 Å². The van der Waals surface area contributed by atoms with Gasteiger partial charge < -0.3 is 10.1 Å². The van der Waals surface area contributed by atoms with Crippen LogP contribution < -0.4 is 5.32 Å². The molecule has 0 bridgehead atoms. The number of thiocarbonyl (C=S) groups is 1. The molecule has 0 unspecified atom stereocenters. The standard InChI is InChI=1S/C20H28N4O2S/c25-18(20(7-8-20)17-5-2-1-3-6-17)23-10-4-11-24(23)19(27)21-9-12-22-13-15-26-16-14-22/h1-3,5-6H,4,7-16H2,(H,21,27). The van der Waals surface area contributed by atoms with Crippen LogP contribution in [0.5, 0.6) is 0 Å². The molecule has 1 aliphatic carbocycles. The number of amides is 1. The quantitative estimate of drug-likeness (QED) is 0.769. The number of nitrogens with one attached hydrogen (secondary N) is 1. The van der Waals surface area contributed by atoms with Gasteiger partial charge in [0.2, 0.25) is 0 Å². The van der Waals surface area contributed by atoms with Crippen LogP contribution in [0.4, 0.5) is 0 Å². The molecule has 2 aliphatic heterocycles. The van der Waals surface area contributed by atoms with Gasteiger partial charge in [0.15, 0.2) is 5.11 Å². The average molecular weight is 389 g/mol. The fourth-order valence-electron chi connectivity index (χ4n) is 4.03. The van der Waals surface area contributed by atoms with Gasteiger partial charge in [0.1, 0.15) is 0 Å². The lowest BCUT2D eigenvalue weighted by atomic mass is 9.95. The maximum atomic E-state index is 13.3. The van der Waals surface area contributed by atoms with E-state index in [1.54, 1.807) is 0 Å². The largest absolute Gasteiger partial charge is 0.379 e. The summed E-state index contributed by atoms with van der Waals surface area (Å²) in [5.41, 5.74) is 0.792. The van der Waals surface area contributed by atoms with E-state index in [2.05, 4.69) is 22.3 Å². The summed E-state index contributed by atoms with van der Waals surface area (Å²) >= 11 is 5.61. The number of hydrogen-bond acceptors (Lipinski definition) is 4. The Morgan fingerprint density at radius 1 is 1.07 bits per heavy atom. The van der Waals surface area contributed by atoms with Crippen molar-refractivity contribution in [1.29, 1.82) is 0 Å². The SMILES string of the molecule is O=C(N1CCCN1C(=S)NCCN1CCOCC1)C1(c2ccccc2)CC1. The third-order valence-corrected chi connectivity index (χ3v) is 6.15. The first-order valence-electron chi connectivity index (χ1n) is 9.94. The number of carbonyl (C=O) groups excluding carboxylic acids is 1. The number of hydrogen-bond donors (Lipinski definition) is 1. The van der Waals surface area contributed by atoms with Gasteiger partial charge in [0.05, 0.1) is 18.6 Å². The van der Waals surface area contributed by atoms with E-state index in [-0.39, 0.29) is 11.3 Å². The van der Waals surface area contributed by atoms with E-state index in [4.69, 9.17) is 17.0 Å². The molecule has 1 N–H and O–H groups in total. The summed E-state index contributed by atoms with van der Waals surface area (Å²) in [6.45, 7) is 6.85. The van der Waals surface area contributed by atoms with Crippen molar-refractivity contribution in [2.75, 3.05) is 52.5 Å². The Labute approximate surface area is 166 Å². The van der Waals surface area contributed by atoms with Gasteiger partial charge in [0, 0.05) is 39.3 Å². The molecule has 1 amide bonds. The van der Waals surface area contributed by atoms with Crippen LogP contribution in [0.3, 0.4) is 0 Å². The van der Waals surface area contributed by atoms with E-state index in [1.807, 2.05) is 28.2 Å². The lowest BCUT2D eigenvalue weighted by molar-refractivity contribution is -0.141. The number of carbonyl (C=O) groups is 1. The first kappa shape index (κ1) is 18.7. The second kappa shape index (κ2) is 8.12. The molecule has 0 radical (unpaired) electrons. The number of nitrogens with zero attached hydrogens (tertiary/aromatic N) is 3. The van der Waals surface area contributed by atoms with Crippen LogP contribution in [0.25, 0.3) is 0 Å². The fourth-order valence-corrected chi connectivity index (χ4v) is 4.32. The molecule has 2 heterocycles. The Kier molecular flexibility index (Phi) is 5.61. The van der Waals surface area contributed by atoms with E-state index in [0.717, 1.165) is 77.3 Å². The molecule has 0 atom stereocenters. The molecule has 6 nitrogen and oxygen atoms in total. The zero-order chi connectivity index (χ0) is 18.7. The van der Waals surface area contributed by atoms with Gasteiger partial charge in [-0.2, -0.15) is 0 Å². The van der Waals surface area contributed by atoms with Gasteiger partial charge in [-0.25, -0.2) is 0 Å². The van der Waals surface area contributed by atoms with Crippen LogP contribution in [0.1, 0.15) is 24.8 Å². The average Bonchev–Trinajstić information content (AvgIpc) is 3.38. The number of rotatable bonds is 5. The summed E-state index contributed by atoms with van der Waals surface area (Å²) in [5, 5.41) is 7.87. The minimum absolute atomic E-state index is 0.198. The minimum atomic E-state index is -0.340. The second-order valence-corrected chi connectivity index (χ2v) is 7.93. The normalized spacial score (nSPS) is 21.9. The molecule has 0 aromatic heterocycles. The molecule has 2 saturated heterocycles. The Morgan fingerprint density at radius 2 is 1.78 bits per heavy atom. The molecule has 3 aliphatic rings. The van der Waals surface area contributed by atoms with Crippen LogP contribution in [0.15, 0.2) is 30.3 Å². The summed E-state index contributed by atoms with van der Waals surface area (Å²) in [6.07, 6.45) is 2.82. The van der Waals surface area contributed by atoms with E-state index in [1.165, 1.54) is 0 Å². The predicted octanol–water partition coefficient (Wildman–Crippen LogP) is 1.37. The van der Waals surface area contributed by atoms with Crippen LogP contribution in [-0.4, -0.2) is 78.4 Å². The van der Waals surface area contributed by atoms with E-state index < -0.39 is 0 Å². The van der Waals surface area contributed by atoms with Crippen molar-refractivity contribution >= 4 is 23.2 Å². The summed E-state index contributed by atoms with van der Waals surface area (Å²) in [4.78, 5) is 15.7. The highest BCUT2D eigenvalue weighted by molar-refractivity contribution is 7.80. The molecule has 27 heavy (non-hydrogen) atoms. The summed E-state index contributed by atoms with van der Waals surface area (Å²) in [7, 11) is 0. The molecule has 7 heteroatoms. The highest BCUT2D eigenvalue weighted by Gasteiger charge is 2.54. The Balaban J connectivity index is 1.34. The maximum absolute atomic E-state index is 13.3. The summed E-state index contributed by atoms with van der Waals surface area (Å²) in [6, 6.07) is 10.2. The van der Waals surface area contributed by atoms with E-state index in [0.29, 0.717) is 5.11 Å². The topological polar surface area (TPSA) is 48.1 Å². The van der Waals surface area contributed by atoms with Crippen molar-refractivity contribution in [1.82, 2.24) is 20.2 Å². The third kappa shape index (κ3) is 3.95. The van der Waals surface area contributed by atoms with Crippen molar-refractivity contribution < 1.29 is 9.53 Å². The molecular weight excluding hydrogens is 360 g/mol. The number of morpholine rings is 1. The Morgan fingerprint density at radius 3 is 2.48 bits per heavy atom. The molecule has 0 spiro atoms. The third-order valence-electron chi connectivity index (χ3n) is 5.79. The van der Waals surface area contributed by atoms with Crippen molar-refractivity contribution in [3.63, 3.8) is 0 Å². The lowest BCUT2D eigenvalue weighted by Gasteiger charge is -2.33. The van der Waals surface area contributed by atoms with E-state index >= 15 is 0 Å². The summed E-state index contributed by atoms with van der Waals surface area (Å²) in [5.74, 6) is 0.198. The van der Waals surface area contributed by atoms with Crippen LogP contribution in [-0.2, 0) is 14.9 Å². The first-order valence-corrected chi connectivity index (χ1v) is 10.3. The fraction of sp³-hybridized carbons (Fsp3) is 0.600. The minimum Gasteiger partial charge on any atom is -0.379 e. The van der Waals surface area contributed by atoms with Gasteiger partial charge in [0.25, 0.3) is 5.91 Å². The highest BCUT2D eigenvalue weighted by Crippen LogP contribution is 2.50.